The molecule has 0 heterocycles. The molecule has 3 rings (SSSR count). The first kappa shape index (κ1) is 25.2. The summed E-state index contributed by atoms with van der Waals surface area (Å²) in [5, 5.41) is 0. The van der Waals surface area contributed by atoms with Crippen molar-refractivity contribution in [3.05, 3.63) is 94.0 Å². The summed E-state index contributed by atoms with van der Waals surface area (Å²) in [5.74, 6) is 1.05. The van der Waals surface area contributed by atoms with E-state index in [1.54, 1.807) is 0 Å². The summed E-state index contributed by atoms with van der Waals surface area (Å²) in [6, 6.07) is 21.9. The highest BCUT2D eigenvalue weighted by molar-refractivity contribution is 7.61. The normalized spacial score (nSPS) is 12.2. The number of nitrogens with zero attached hydrogens (tertiary/aromatic N) is 2. The lowest BCUT2D eigenvalue weighted by Gasteiger charge is -2.41. The number of amidine groups is 1. The van der Waals surface area contributed by atoms with Gasteiger partial charge in [0.25, 0.3) is 0 Å². The lowest BCUT2D eigenvalue weighted by atomic mass is 10.1. The van der Waals surface area contributed by atoms with Gasteiger partial charge in [-0.1, -0.05) is 93.9 Å². The zero-order valence-electron chi connectivity index (χ0n) is 21.8. The summed E-state index contributed by atoms with van der Waals surface area (Å²) in [6.45, 7) is 20.4. The van der Waals surface area contributed by atoms with Gasteiger partial charge in [0.2, 0.25) is 0 Å². The Hall–Kier alpha value is -2.44. The van der Waals surface area contributed by atoms with E-state index in [1.807, 2.05) is 0 Å². The number of anilines is 1. The number of rotatable bonds is 6. The predicted molar refractivity (Wildman–Crippen MR) is 149 cm³/mol. The molecule has 0 amide bonds. The van der Waals surface area contributed by atoms with Crippen molar-refractivity contribution < 1.29 is 0 Å². The van der Waals surface area contributed by atoms with Crippen molar-refractivity contribution in [2.75, 3.05) is 4.67 Å². The largest absolute Gasteiger partial charge is 0.303 e. The molecule has 0 bridgehead atoms. The Balaban J connectivity index is 2.42. The van der Waals surface area contributed by atoms with Gasteiger partial charge in [-0.25, -0.2) is 4.99 Å². The van der Waals surface area contributed by atoms with Gasteiger partial charge in [0.15, 0.2) is 0 Å². The highest BCUT2D eigenvalue weighted by Crippen LogP contribution is 2.54. The van der Waals surface area contributed by atoms with Crippen molar-refractivity contribution in [1.82, 2.24) is 0 Å². The van der Waals surface area contributed by atoms with Crippen LogP contribution in [-0.2, 0) is 0 Å². The zero-order chi connectivity index (χ0) is 24.3. The van der Waals surface area contributed by atoms with Gasteiger partial charge in [0.05, 0.1) is 11.4 Å². The van der Waals surface area contributed by atoms with E-state index in [2.05, 4.69) is 128 Å². The fraction of sp³-hybridized carbons (Fsp3) is 0.367. The summed E-state index contributed by atoms with van der Waals surface area (Å²) in [7, 11) is -0.534. The van der Waals surface area contributed by atoms with Crippen LogP contribution >= 0.6 is 8.07 Å². The van der Waals surface area contributed by atoms with Crippen LogP contribution in [0.25, 0.3) is 0 Å². The minimum absolute atomic E-state index is 0.521. The monoisotopic (exact) mass is 458 g/mol. The first-order valence-electron chi connectivity index (χ1n) is 12.0. The molecule has 0 saturated carbocycles. The number of aryl methyl sites for hydroxylation is 5. The van der Waals surface area contributed by atoms with E-state index in [9.17, 15) is 0 Å². The van der Waals surface area contributed by atoms with Crippen LogP contribution in [0, 0.1) is 34.6 Å². The third-order valence-electron chi connectivity index (χ3n) is 6.11. The van der Waals surface area contributed by atoms with Crippen LogP contribution in [0.2, 0.25) is 0 Å². The van der Waals surface area contributed by atoms with Gasteiger partial charge in [-0.2, -0.15) is 0 Å². The summed E-state index contributed by atoms with van der Waals surface area (Å²) in [4.78, 5) is 5.46. The molecule has 0 unspecified atom stereocenters. The molecule has 33 heavy (non-hydrogen) atoms. The van der Waals surface area contributed by atoms with Crippen LogP contribution < -0.4 is 4.67 Å². The molecule has 0 radical (unpaired) electrons. The van der Waals surface area contributed by atoms with Gasteiger partial charge in [0.1, 0.15) is 5.84 Å². The van der Waals surface area contributed by atoms with Crippen LogP contribution in [0.5, 0.6) is 0 Å². The van der Waals surface area contributed by atoms with Gasteiger partial charge >= 0.3 is 0 Å². The summed E-state index contributed by atoms with van der Waals surface area (Å²) in [5.41, 5.74) is 10.9. The zero-order valence-corrected chi connectivity index (χ0v) is 22.7. The molecule has 0 saturated heterocycles. The molecule has 0 aliphatic rings. The highest BCUT2D eigenvalue weighted by atomic mass is 31.1. The van der Waals surface area contributed by atoms with Crippen molar-refractivity contribution in [2.24, 2.45) is 4.99 Å². The Morgan fingerprint density at radius 2 is 1.12 bits per heavy atom. The smallest absolute Gasteiger partial charge is 0.144 e. The van der Waals surface area contributed by atoms with Gasteiger partial charge in [-0.3, -0.25) is 0 Å². The Bertz CT molecular complexity index is 1080. The number of benzene rings is 3. The Labute approximate surface area is 202 Å². The fourth-order valence-corrected chi connectivity index (χ4v) is 7.60. The highest BCUT2D eigenvalue weighted by Gasteiger charge is 2.32. The molecule has 0 atom stereocenters. The molecule has 0 fully saturated rings. The summed E-state index contributed by atoms with van der Waals surface area (Å²) < 4.78 is 2.60. The molecule has 0 N–H and O–H groups in total. The van der Waals surface area contributed by atoms with Crippen molar-refractivity contribution in [1.29, 1.82) is 0 Å². The fourth-order valence-electron chi connectivity index (χ4n) is 4.55. The molecule has 3 aromatic rings. The number of hydrogen-bond donors (Lipinski definition) is 0. The summed E-state index contributed by atoms with van der Waals surface area (Å²) in [6.07, 6.45) is 0. The van der Waals surface area contributed by atoms with E-state index in [4.69, 9.17) is 4.99 Å². The van der Waals surface area contributed by atoms with Crippen LogP contribution in [0.1, 0.15) is 61.1 Å². The SMILES string of the molecule is Cc1ccc(C(=Nc2c(C)cccc2C)N(c2c(C)cccc2C)P(C(C)C)C(C)C)cc1. The van der Waals surface area contributed by atoms with E-state index in [-0.39, 0.29) is 0 Å². The quantitative estimate of drug-likeness (QED) is 0.204. The molecular weight excluding hydrogens is 419 g/mol. The van der Waals surface area contributed by atoms with Gasteiger partial charge in [-0.15, -0.1) is 0 Å². The maximum absolute atomic E-state index is 5.46. The lowest BCUT2D eigenvalue weighted by Crippen LogP contribution is -2.33. The maximum Gasteiger partial charge on any atom is 0.144 e. The first-order valence-corrected chi connectivity index (χ1v) is 13.4. The van der Waals surface area contributed by atoms with E-state index in [0.717, 1.165) is 11.5 Å². The second-order valence-corrected chi connectivity index (χ2v) is 12.9. The van der Waals surface area contributed by atoms with Crippen molar-refractivity contribution in [3.63, 3.8) is 0 Å². The molecule has 2 nitrogen and oxygen atoms in total. The topological polar surface area (TPSA) is 15.6 Å². The molecule has 0 aromatic heterocycles. The van der Waals surface area contributed by atoms with Gasteiger partial charge in [0, 0.05) is 13.6 Å². The van der Waals surface area contributed by atoms with Crippen molar-refractivity contribution in [3.8, 4) is 0 Å². The Morgan fingerprint density at radius 1 is 0.667 bits per heavy atom. The molecule has 0 aliphatic carbocycles. The lowest BCUT2D eigenvalue weighted by molar-refractivity contribution is 0.999. The predicted octanol–water partition coefficient (Wildman–Crippen LogP) is 9.03. The van der Waals surface area contributed by atoms with E-state index in [1.165, 1.54) is 39.1 Å². The molecular formula is C30H39N2P. The number of hydrogen-bond acceptors (Lipinski definition) is 1. The number of para-hydroxylation sites is 2. The average molecular weight is 459 g/mol. The van der Waals surface area contributed by atoms with Crippen LogP contribution in [0.4, 0.5) is 11.4 Å². The van der Waals surface area contributed by atoms with E-state index in [0.29, 0.717) is 11.3 Å². The van der Waals surface area contributed by atoms with Crippen LogP contribution in [0.3, 0.4) is 0 Å². The molecule has 0 spiro atoms. The first-order chi connectivity index (χ1) is 15.6. The van der Waals surface area contributed by atoms with Crippen molar-refractivity contribution in [2.45, 2.75) is 73.6 Å². The van der Waals surface area contributed by atoms with Gasteiger partial charge in [-0.05, 0) is 68.2 Å². The Morgan fingerprint density at radius 3 is 1.58 bits per heavy atom. The van der Waals surface area contributed by atoms with Crippen molar-refractivity contribution >= 4 is 25.3 Å². The molecule has 3 aromatic carbocycles. The molecule has 174 valence electrons. The second-order valence-electron chi connectivity index (χ2n) is 9.66. The molecule has 3 heteroatoms. The van der Waals surface area contributed by atoms with Crippen LogP contribution in [0.15, 0.2) is 65.7 Å². The third kappa shape index (κ3) is 5.56. The van der Waals surface area contributed by atoms with E-state index >= 15 is 0 Å². The van der Waals surface area contributed by atoms with Crippen LogP contribution in [-0.4, -0.2) is 17.2 Å². The summed E-state index contributed by atoms with van der Waals surface area (Å²) >= 11 is 0. The Kier molecular flexibility index (Phi) is 8.14. The molecule has 0 aliphatic heterocycles. The average Bonchev–Trinajstić information content (AvgIpc) is 2.73. The second kappa shape index (κ2) is 10.7. The minimum Gasteiger partial charge on any atom is -0.303 e. The maximum atomic E-state index is 5.46. The minimum atomic E-state index is -0.534. The van der Waals surface area contributed by atoms with Gasteiger partial charge < -0.3 is 4.67 Å². The standard InChI is InChI=1S/C30H39N2P/c1-20(2)33(21(3)4)32(29-25(8)14-11-15-26(29)9)30(27-18-16-22(5)17-19-27)31-28-23(6)12-10-13-24(28)7/h10-21H,1-9H3. The number of aliphatic imine (C=N–C) groups is 1. The third-order valence-corrected chi connectivity index (χ3v) is 9.08. The van der Waals surface area contributed by atoms with E-state index < -0.39 is 8.07 Å².